The number of aromatic nitrogens is 1. The monoisotopic (exact) mass is 404 g/mol. The van der Waals surface area contributed by atoms with Crippen LogP contribution in [-0.2, 0) is 9.59 Å². The van der Waals surface area contributed by atoms with Crippen LogP contribution in [0.25, 0.3) is 10.8 Å². The summed E-state index contributed by atoms with van der Waals surface area (Å²) in [5.74, 6) is 0.744. The van der Waals surface area contributed by atoms with E-state index in [4.69, 9.17) is 0 Å². The van der Waals surface area contributed by atoms with Crippen LogP contribution in [0.3, 0.4) is 0 Å². The summed E-state index contributed by atoms with van der Waals surface area (Å²) in [7, 11) is 0. The van der Waals surface area contributed by atoms with Crippen molar-refractivity contribution >= 4 is 22.6 Å². The lowest BCUT2D eigenvalue weighted by atomic mass is 9.47. The predicted octanol–water partition coefficient (Wildman–Crippen LogP) is 4.42. The van der Waals surface area contributed by atoms with Gasteiger partial charge in [-0.2, -0.15) is 0 Å². The van der Waals surface area contributed by atoms with E-state index in [1.165, 1.54) is 5.56 Å². The van der Waals surface area contributed by atoms with Crippen molar-refractivity contribution in [2.45, 2.75) is 58.0 Å². The molecule has 6 atom stereocenters. The number of carboxylic acids is 1. The maximum absolute atomic E-state index is 13.4. The minimum atomic E-state index is -0.617. The first-order chi connectivity index (χ1) is 14.3. The first kappa shape index (κ1) is 18.3. The van der Waals surface area contributed by atoms with Crippen molar-refractivity contribution < 1.29 is 14.7 Å². The minimum absolute atomic E-state index is 0.0272. The zero-order valence-electron chi connectivity index (χ0n) is 17.5. The molecule has 4 saturated carbocycles. The number of hydrogen-bond acceptors (Lipinski definition) is 3. The van der Waals surface area contributed by atoms with E-state index in [1.54, 1.807) is 0 Å². The Bertz CT molecular complexity index is 1060. The van der Waals surface area contributed by atoms with E-state index in [0.717, 1.165) is 42.9 Å². The van der Waals surface area contributed by atoms with E-state index >= 15 is 0 Å². The summed E-state index contributed by atoms with van der Waals surface area (Å²) in [5.41, 5.74) is 0.203. The second kappa shape index (κ2) is 5.83. The smallest absolute Gasteiger partial charge is 0.309 e. The van der Waals surface area contributed by atoms with E-state index in [0.29, 0.717) is 17.8 Å². The summed E-state index contributed by atoms with van der Waals surface area (Å²) in [5, 5.41) is 12.2. The van der Waals surface area contributed by atoms with Gasteiger partial charge >= 0.3 is 5.97 Å². The average molecular weight is 405 g/mol. The Labute approximate surface area is 176 Å². The summed E-state index contributed by atoms with van der Waals surface area (Å²) in [6.45, 7) is 4.12. The van der Waals surface area contributed by atoms with Gasteiger partial charge in [-0.15, -0.1) is 0 Å². The van der Waals surface area contributed by atoms with Gasteiger partial charge in [0.15, 0.2) is 0 Å². The molecule has 1 N–H and O–H groups in total. The molecule has 2 heterocycles. The number of fused-ring (bicyclic) bond motifs is 1. The fourth-order valence-electron chi connectivity index (χ4n) is 7.79. The number of carbonyl (C=O) groups is 2. The number of likely N-dealkylation sites (tertiary alicyclic amines) is 1. The van der Waals surface area contributed by atoms with Gasteiger partial charge in [-0.3, -0.25) is 14.6 Å². The molecule has 0 spiro atoms. The molecule has 1 aromatic carbocycles. The van der Waals surface area contributed by atoms with Crippen LogP contribution in [0.1, 0.15) is 57.6 Å². The Morgan fingerprint density at radius 2 is 1.87 bits per heavy atom. The van der Waals surface area contributed by atoms with Crippen molar-refractivity contribution in [1.29, 1.82) is 0 Å². The second-order valence-electron chi connectivity index (χ2n) is 10.8. The number of β-lactam (4-membered cyclic amide) rings is 1. The van der Waals surface area contributed by atoms with Gasteiger partial charge in [0.25, 0.3) is 0 Å². The highest BCUT2D eigenvalue weighted by atomic mass is 16.4. The van der Waals surface area contributed by atoms with Crippen molar-refractivity contribution in [3.63, 3.8) is 0 Å². The van der Waals surface area contributed by atoms with E-state index in [1.807, 2.05) is 12.4 Å². The van der Waals surface area contributed by atoms with Crippen molar-refractivity contribution in [2.24, 2.45) is 28.6 Å². The average Bonchev–Trinajstić information content (AvgIpc) is 2.71. The molecule has 5 aliphatic rings. The fourth-order valence-corrected chi connectivity index (χ4v) is 7.79. The van der Waals surface area contributed by atoms with Crippen molar-refractivity contribution in [1.82, 2.24) is 9.88 Å². The topological polar surface area (TPSA) is 70.5 Å². The first-order valence-electron chi connectivity index (χ1n) is 11.2. The van der Waals surface area contributed by atoms with Gasteiger partial charge in [0, 0.05) is 23.8 Å². The quantitative estimate of drug-likeness (QED) is 0.769. The highest BCUT2D eigenvalue weighted by molar-refractivity contribution is 5.94. The molecule has 5 fully saturated rings. The lowest BCUT2D eigenvalue weighted by Gasteiger charge is -2.66. The summed E-state index contributed by atoms with van der Waals surface area (Å²) in [6.07, 6.45) is 8.16. The van der Waals surface area contributed by atoms with Gasteiger partial charge in [-0.1, -0.05) is 18.2 Å². The summed E-state index contributed by atoms with van der Waals surface area (Å²) < 4.78 is 0. The van der Waals surface area contributed by atoms with Gasteiger partial charge in [-0.05, 0) is 80.7 Å². The molecule has 0 radical (unpaired) electrons. The highest BCUT2D eigenvalue weighted by Crippen LogP contribution is 2.64. The van der Waals surface area contributed by atoms with Gasteiger partial charge in [-0.25, -0.2) is 0 Å². The molecular weight excluding hydrogens is 376 g/mol. The van der Waals surface area contributed by atoms with Crippen LogP contribution in [0.5, 0.6) is 0 Å². The maximum Gasteiger partial charge on any atom is 0.309 e. The Morgan fingerprint density at radius 1 is 1.13 bits per heavy atom. The molecule has 156 valence electrons. The molecule has 1 saturated heterocycles. The predicted molar refractivity (Wildman–Crippen MR) is 113 cm³/mol. The molecule has 4 bridgehead atoms. The number of pyridine rings is 1. The van der Waals surface area contributed by atoms with E-state index in [-0.39, 0.29) is 18.0 Å². The third-order valence-electron chi connectivity index (χ3n) is 8.75. The lowest BCUT2D eigenvalue weighted by Crippen LogP contribution is -2.70. The zero-order valence-corrected chi connectivity index (χ0v) is 17.5. The SMILES string of the molecule is CC1(C)C(=O)N(C2C3CC4C[C@H]2CC(C(=O)O)(C4)C3)C1c1cccc2cnccc12. The molecule has 1 amide bonds. The summed E-state index contributed by atoms with van der Waals surface area (Å²) in [6, 6.07) is 8.55. The summed E-state index contributed by atoms with van der Waals surface area (Å²) >= 11 is 0. The molecule has 2 aromatic rings. The standard InChI is InChI=1S/C25H28N2O3/c1-24(2)21(19-5-3-4-15-13-26-7-6-18(15)19)27(22(24)28)20-16-8-14-9-17(20)12-25(10-14,11-16)23(29)30/h3-7,13-14,16-17,20-21H,8-12H2,1-2H3,(H,29,30)/t14?,16-,17?,20?,21?,25?/m0/s1. The molecule has 5 nitrogen and oxygen atoms in total. The molecule has 30 heavy (non-hydrogen) atoms. The van der Waals surface area contributed by atoms with Crippen LogP contribution in [0.15, 0.2) is 36.7 Å². The molecular formula is C25H28N2O3. The molecule has 5 unspecified atom stereocenters. The van der Waals surface area contributed by atoms with Crippen LogP contribution in [0.4, 0.5) is 0 Å². The molecule has 5 heteroatoms. The molecule has 1 aromatic heterocycles. The third kappa shape index (κ3) is 2.21. The second-order valence-corrected chi connectivity index (χ2v) is 10.8. The van der Waals surface area contributed by atoms with Crippen LogP contribution in [-0.4, -0.2) is 32.9 Å². The van der Waals surface area contributed by atoms with Crippen LogP contribution >= 0.6 is 0 Å². The molecule has 4 aliphatic carbocycles. The zero-order chi connectivity index (χ0) is 20.8. The number of benzene rings is 1. The van der Waals surface area contributed by atoms with E-state index in [9.17, 15) is 14.7 Å². The first-order valence-corrected chi connectivity index (χ1v) is 11.2. The van der Waals surface area contributed by atoms with Gasteiger partial charge in [0.2, 0.25) is 5.91 Å². The number of carbonyl (C=O) groups excluding carboxylic acids is 1. The highest BCUT2D eigenvalue weighted by Gasteiger charge is 2.65. The van der Waals surface area contributed by atoms with E-state index < -0.39 is 16.8 Å². The number of aliphatic carboxylic acids is 1. The number of rotatable bonds is 3. The van der Waals surface area contributed by atoms with Crippen LogP contribution in [0.2, 0.25) is 0 Å². The van der Waals surface area contributed by atoms with Crippen molar-refractivity contribution in [3.05, 3.63) is 42.2 Å². The Kier molecular flexibility index (Phi) is 3.57. The number of hydrogen-bond donors (Lipinski definition) is 1. The number of amides is 1. The molecule has 1 aliphatic heterocycles. The van der Waals surface area contributed by atoms with Gasteiger partial charge in [0.1, 0.15) is 0 Å². The van der Waals surface area contributed by atoms with Crippen LogP contribution < -0.4 is 0 Å². The Morgan fingerprint density at radius 3 is 2.57 bits per heavy atom. The Hall–Kier alpha value is -2.43. The van der Waals surface area contributed by atoms with Gasteiger partial charge < -0.3 is 10.0 Å². The normalized spacial score (nSPS) is 38.7. The van der Waals surface area contributed by atoms with Crippen molar-refractivity contribution in [2.75, 3.05) is 0 Å². The largest absolute Gasteiger partial charge is 0.481 e. The maximum atomic E-state index is 13.4. The van der Waals surface area contributed by atoms with Gasteiger partial charge in [0.05, 0.1) is 16.9 Å². The lowest BCUT2D eigenvalue weighted by molar-refractivity contribution is -0.202. The Balaban J connectivity index is 1.42. The van der Waals surface area contributed by atoms with Crippen LogP contribution in [0, 0.1) is 28.6 Å². The summed E-state index contributed by atoms with van der Waals surface area (Å²) in [4.78, 5) is 32.0. The fraction of sp³-hybridized carbons (Fsp3) is 0.560. The van der Waals surface area contributed by atoms with Crippen molar-refractivity contribution in [3.8, 4) is 0 Å². The minimum Gasteiger partial charge on any atom is -0.481 e. The number of nitrogens with zero attached hydrogens (tertiary/aromatic N) is 2. The third-order valence-corrected chi connectivity index (χ3v) is 8.75. The van der Waals surface area contributed by atoms with E-state index in [2.05, 4.69) is 48.0 Å². The number of carboxylic acid groups (broad SMARTS) is 1. The molecule has 7 rings (SSSR count).